The molecule has 0 saturated heterocycles. The minimum atomic E-state index is -0.265. The summed E-state index contributed by atoms with van der Waals surface area (Å²) in [7, 11) is 0. The van der Waals surface area contributed by atoms with Crippen molar-refractivity contribution in [3.63, 3.8) is 0 Å². The second-order valence-corrected chi connectivity index (χ2v) is 39.8. The van der Waals surface area contributed by atoms with Crippen molar-refractivity contribution >= 4 is 124 Å². The molecule has 4 N–H and O–H groups in total. The molecule has 18 nitrogen and oxygen atoms in total. The van der Waals surface area contributed by atoms with Gasteiger partial charge in [-0.15, -0.1) is 0 Å². The number of nitrogens with one attached hydrogen (secondary N) is 4. The van der Waals surface area contributed by atoms with Crippen molar-refractivity contribution in [2.24, 2.45) is 0 Å². The molecule has 18 heteroatoms. The van der Waals surface area contributed by atoms with E-state index in [1.165, 1.54) is 0 Å². The van der Waals surface area contributed by atoms with E-state index in [4.69, 9.17) is 59.8 Å². The van der Waals surface area contributed by atoms with Gasteiger partial charge in [-0.05, 0) is 149 Å². The maximum Gasteiger partial charge on any atom is 0.195 e. The van der Waals surface area contributed by atoms with Crippen molar-refractivity contribution < 1.29 is 9.59 Å². The first-order valence-electron chi connectivity index (χ1n) is 42.5. The Morgan fingerprint density at radius 2 is 0.444 bits per heavy atom. The molecular formula is C106H92N16O2. The van der Waals surface area contributed by atoms with Gasteiger partial charge in [0.05, 0.1) is 0 Å². The number of H-pyrrole nitrogens is 4. The predicted octanol–water partition coefficient (Wildman–Crippen LogP) is 25.0. The molecule has 0 unspecified atom stereocenters. The van der Waals surface area contributed by atoms with Crippen LogP contribution in [0.4, 0.5) is 0 Å². The molecule has 21 rings (SSSR count). The Bertz CT molecular complexity index is 7410. The maximum atomic E-state index is 15.7. The zero-order valence-electron chi connectivity index (χ0n) is 72.8. The Kier molecular flexibility index (Phi) is 16.9. The molecule has 16 aromatic rings. The average molecular weight is 1620 g/mol. The molecule has 0 atom stereocenters. The number of nitrogens with zero attached hydrogens (tertiary/aromatic N) is 12. The SMILES string of the molecule is CC(C)(C)c1ccc2c(c1)-c1nc-2nc2[nH]c(nc3nc(nc4[nH]c(n1)c1ccc(C(C)(C)C)cc41)-c1ccc(/C=C\c4cccc5c4C(=O)c4c(/C=C/c6ccc7c(c6)-c6nc-7nc7[nH]c(nc8nc(nc9[nH]c(n6)c6ccc(C(C)(C)C)cc96)-c6ccc(C(C)(C)C)cc6-8)c6ccc(C(C)(C)C)cc76)cccc4C5=O)cc1-3)c1ccc(C(C)(C)C)cc21. The van der Waals surface area contributed by atoms with Gasteiger partial charge in [-0.3, -0.25) is 9.59 Å². The van der Waals surface area contributed by atoms with Gasteiger partial charge in [0, 0.05) is 110 Å². The highest BCUT2D eigenvalue weighted by Crippen LogP contribution is 2.46. The monoisotopic (exact) mass is 1620 g/mol. The Hall–Kier alpha value is -14.3. The number of aromatic amines is 4. The molecule has 0 spiro atoms. The van der Waals surface area contributed by atoms with Gasteiger partial charge in [0.1, 0.15) is 45.2 Å². The number of hydrogen-bond donors (Lipinski definition) is 4. The number of hydrogen-bond acceptors (Lipinski definition) is 14. The van der Waals surface area contributed by atoms with Crippen LogP contribution in [0, 0.1) is 0 Å². The van der Waals surface area contributed by atoms with Gasteiger partial charge in [-0.25, -0.2) is 59.8 Å². The van der Waals surface area contributed by atoms with Gasteiger partial charge < -0.3 is 19.9 Å². The first kappa shape index (κ1) is 77.1. The third-order valence-corrected chi connectivity index (χ3v) is 25.0. The van der Waals surface area contributed by atoms with Crippen LogP contribution in [0.15, 0.2) is 182 Å². The Labute approximate surface area is 717 Å². The van der Waals surface area contributed by atoms with Crippen molar-refractivity contribution in [1.29, 1.82) is 0 Å². The fourth-order valence-corrected chi connectivity index (χ4v) is 17.6. The number of aromatic nitrogens is 16. The van der Waals surface area contributed by atoms with E-state index in [-0.39, 0.29) is 44.1 Å². The lowest BCUT2D eigenvalue weighted by Gasteiger charge is -2.21. The molecule has 10 heterocycles. The fraction of sp³-hybridized carbons (Fsp3) is 0.226. The molecule has 0 saturated carbocycles. The van der Waals surface area contributed by atoms with Gasteiger partial charge in [0.25, 0.3) is 0 Å². The number of ketones is 2. The molecule has 0 amide bonds. The molecule has 124 heavy (non-hydrogen) atoms. The summed E-state index contributed by atoms with van der Waals surface area (Å²) in [5.74, 6) is 3.45. The van der Waals surface area contributed by atoms with Gasteiger partial charge in [0.2, 0.25) is 0 Å². The predicted molar refractivity (Wildman–Crippen MR) is 502 cm³/mol. The Morgan fingerprint density at radius 3 is 0.718 bits per heavy atom. The number of benzene rings is 10. The quantitative estimate of drug-likeness (QED) is 0.120. The molecule has 0 fully saturated rings. The minimum Gasteiger partial charge on any atom is -0.324 e. The lowest BCUT2D eigenvalue weighted by Crippen LogP contribution is -2.23. The van der Waals surface area contributed by atoms with Gasteiger partial charge in [0.15, 0.2) is 58.2 Å². The standard InChI is InChI=1S/C106H92N16O2/c1-101(2,3)57-31-39-65-75(47-57)97-113-87(65)109-93-73-45-53(27-37-63(73)85(107-93)111-95-77-49-59(103(7,8)9)33-41-67(77)89(115-95)119-99-79-51-61(105(13,14)15)35-43-69(79)91(117-97)121-99)25-29-55-21-19-23-71-81(55)84(124)82-56(22-20-24-72(82)83(71)123)30-26-54-28-38-64-74(46-54)94-108-86(64)112-96-78-50-60(104(10,11)12)34-42-68(78)90(116-96)120-100-80-52-62(106(16,17)18)36-44-70(80)92(122-100)118-98-76-48-58(102(4,5)6)32-40-66(76)88(110-94)114-98/h19-52H,1-18H3,(H2,107,109,111,113,115,117,119,121)(H2,108,110,112,114,116,118,120,122)/b29-25-,30-26+. The highest BCUT2D eigenvalue weighted by atomic mass is 16.1. The smallest absolute Gasteiger partial charge is 0.195 e. The zero-order chi connectivity index (χ0) is 86.1. The zero-order valence-corrected chi connectivity index (χ0v) is 72.8. The van der Waals surface area contributed by atoms with Crippen LogP contribution in [0.1, 0.15) is 212 Å². The second-order valence-electron chi connectivity index (χ2n) is 39.8. The third-order valence-electron chi connectivity index (χ3n) is 25.0. The lowest BCUT2D eigenvalue weighted by atomic mass is 9.79. The summed E-state index contributed by atoms with van der Waals surface area (Å²) in [6.07, 6.45) is 7.77. The molecule has 1 aliphatic carbocycles. The molecule has 608 valence electrons. The number of rotatable bonds is 4. The van der Waals surface area contributed by atoms with Crippen molar-refractivity contribution in [2.45, 2.75) is 157 Å². The summed E-state index contributed by atoms with van der Waals surface area (Å²) in [5.41, 5.74) is 21.2. The molecule has 6 aromatic heterocycles. The molecule has 16 bridgehead atoms. The molecular weight excluding hydrogens is 1530 g/mol. The minimum absolute atomic E-state index is 0.147. The van der Waals surface area contributed by atoms with Crippen LogP contribution in [-0.4, -0.2) is 91.3 Å². The fourth-order valence-electron chi connectivity index (χ4n) is 17.6. The molecule has 0 radical (unpaired) electrons. The highest BCUT2D eigenvalue weighted by molar-refractivity contribution is 6.30. The lowest BCUT2D eigenvalue weighted by molar-refractivity contribution is 0.0979. The number of fused-ring (bicyclic) bond motifs is 42. The van der Waals surface area contributed by atoms with Crippen LogP contribution in [0.25, 0.3) is 204 Å². The van der Waals surface area contributed by atoms with Gasteiger partial charge in [-0.1, -0.05) is 270 Å². The van der Waals surface area contributed by atoms with E-state index < -0.39 is 0 Å². The van der Waals surface area contributed by atoms with E-state index in [9.17, 15) is 0 Å². The van der Waals surface area contributed by atoms with Crippen LogP contribution in [-0.2, 0) is 32.5 Å². The summed E-state index contributed by atoms with van der Waals surface area (Å²) in [6.45, 7) is 39.8. The summed E-state index contributed by atoms with van der Waals surface area (Å²) in [4.78, 5) is 110. The first-order valence-corrected chi connectivity index (χ1v) is 42.5. The van der Waals surface area contributed by atoms with E-state index in [2.05, 4.69) is 266 Å². The molecule has 5 aliphatic rings. The largest absolute Gasteiger partial charge is 0.324 e. The topological polar surface area (TPSA) is 252 Å². The molecule has 10 aromatic carbocycles. The summed E-state index contributed by atoms with van der Waals surface area (Å²) in [5, 5.41) is 7.05. The van der Waals surface area contributed by atoms with Crippen molar-refractivity contribution in [3.8, 4) is 91.1 Å². The normalized spacial score (nSPS) is 13.5. The van der Waals surface area contributed by atoms with Gasteiger partial charge >= 0.3 is 0 Å². The van der Waals surface area contributed by atoms with E-state index in [0.717, 1.165) is 132 Å². The number of carbonyl (C=O) groups excluding carboxylic acids is 2. The van der Waals surface area contributed by atoms with E-state index >= 15 is 9.59 Å². The van der Waals surface area contributed by atoms with E-state index in [1.807, 2.05) is 72.8 Å². The van der Waals surface area contributed by atoms with Crippen molar-refractivity contribution in [1.82, 2.24) is 79.7 Å². The maximum absolute atomic E-state index is 15.7. The summed E-state index contributed by atoms with van der Waals surface area (Å²) < 4.78 is 0. The summed E-state index contributed by atoms with van der Waals surface area (Å²) in [6, 6.07) is 62.1. The Morgan fingerprint density at radius 1 is 0.210 bits per heavy atom. The first-order chi connectivity index (χ1) is 58.9. The van der Waals surface area contributed by atoms with Crippen LogP contribution < -0.4 is 0 Å². The van der Waals surface area contributed by atoms with Crippen molar-refractivity contribution in [2.75, 3.05) is 0 Å². The number of carbonyl (C=O) groups is 2. The van der Waals surface area contributed by atoms with Gasteiger partial charge in [-0.2, -0.15) is 0 Å². The van der Waals surface area contributed by atoms with E-state index in [1.54, 1.807) is 12.1 Å². The third kappa shape index (κ3) is 13.0. The van der Waals surface area contributed by atoms with Crippen LogP contribution >= 0.6 is 0 Å². The average Bonchev–Trinajstić information content (AvgIpc) is 1.25. The highest BCUT2D eigenvalue weighted by Gasteiger charge is 2.35. The van der Waals surface area contributed by atoms with Crippen molar-refractivity contribution in [3.05, 3.63) is 260 Å². The molecule has 4 aliphatic heterocycles. The van der Waals surface area contributed by atoms with E-state index in [0.29, 0.717) is 125 Å². The second kappa shape index (κ2) is 27.1. The van der Waals surface area contributed by atoms with Crippen LogP contribution in [0.5, 0.6) is 0 Å². The van der Waals surface area contributed by atoms with Crippen LogP contribution in [0.3, 0.4) is 0 Å². The van der Waals surface area contributed by atoms with Crippen LogP contribution in [0.2, 0.25) is 0 Å². The Balaban J connectivity index is 0.672. The summed E-state index contributed by atoms with van der Waals surface area (Å²) >= 11 is 0.